The summed E-state index contributed by atoms with van der Waals surface area (Å²) >= 11 is 0. The number of aliphatic hydroxyl groups is 1. The first-order valence-corrected chi connectivity index (χ1v) is 11.6. The Morgan fingerprint density at radius 1 is 1.23 bits per heavy atom. The molecule has 0 radical (unpaired) electrons. The van der Waals surface area contributed by atoms with Crippen molar-refractivity contribution >= 4 is 39.5 Å². The minimum absolute atomic E-state index is 0. The second-order valence-electron chi connectivity index (χ2n) is 7.41. The summed E-state index contributed by atoms with van der Waals surface area (Å²) in [4.78, 5) is 62.2. The maximum atomic E-state index is 11.9. The van der Waals surface area contributed by atoms with Crippen molar-refractivity contribution in [1.82, 2.24) is 10.4 Å². The summed E-state index contributed by atoms with van der Waals surface area (Å²) in [5.74, 6) is -3.67. The number of rotatable bonds is 12. The van der Waals surface area contributed by atoms with Crippen molar-refractivity contribution in [2.75, 3.05) is 0 Å². The minimum Gasteiger partial charge on any atom is -1.00 e. The number of imide groups is 1. The number of nitro groups is 1. The normalized spacial score (nSPS) is 15.5. The van der Waals surface area contributed by atoms with E-state index in [-0.39, 0.29) is 79.0 Å². The van der Waals surface area contributed by atoms with Gasteiger partial charge in [0.25, 0.3) is 27.6 Å². The van der Waals surface area contributed by atoms with E-state index in [4.69, 9.17) is 9.66 Å². The van der Waals surface area contributed by atoms with Crippen LogP contribution in [0.25, 0.3) is 0 Å². The Balaban J connectivity index is 0.00000612. The van der Waals surface area contributed by atoms with Crippen molar-refractivity contribution < 1.29 is 78.0 Å². The van der Waals surface area contributed by atoms with Crippen LogP contribution in [-0.2, 0) is 47.3 Å². The molecule has 0 aliphatic carbocycles. The van der Waals surface area contributed by atoms with E-state index >= 15 is 0 Å². The van der Waals surface area contributed by atoms with Crippen molar-refractivity contribution in [2.24, 2.45) is 0 Å². The molecular weight excluding hydrogens is 501 g/mol. The molecule has 188 valence electrons. The van der Waals surface area contributed by atoms with Crippen molar-refractivity contribution in [3.63, 3.8) is 0 Å². The van der Waals surface area contributed by atoms with Crippen molar-refractivity contribution in [3.05, 3.63) is 39.4 Å². The molecule has 1 aromatic carbocycles. The fourth-order valence-corrected chi connectivity index (χ4v) is 3.81. The Hall–Kier alpha value is -2.43. The summed E-state index contributed by atoms with van der Waals surface area (Å²) in [6, 6.07) is 4.23. The van der Waals surface area contributed by atoms with Crippen LogP contribution in [0.5, 0.6) is 0 Å². The van der Waals surface area contributed by atoms with E-state index in [1.54, 1.807) is 6.07 Å². The minimum atomic E-state index is -4.80. The maximum Gasteiger partial charge on any atom is 1.00 e. The van der Waals surface area contributed by atoms with Gasteiger partial charge < -0.3 is 16.7 Å². The molecule has 1 atom stereocenters. The quantitative estimate of drug-likeness (QED) is 0.0635. The molecule has 16 heteroatoms. The topological polar surface area (TPSA) is 211 Å². The first kappa shape index (κ1) is 30.6. The molecule has 1 aliphatic heterocycles. The van der Waals surface area contributed by atoms with E-state index < -0.39 is 51.1 Å². The van der Waals surface area contributed by atoms with Crippen LogP contribution in [0.15, 0.2) is 18.2 Å². The first-order valence-electron chi connectivity index (χ1n) is 10.1. The van der Waals surface area contributed by atoms with Gasteiger partial charge in [-0.15, -0.1) is 5.06 Å². The Kier molecular flexibility index (Phi) is 11.9. The zero-order chi connectivity index (χ0) is 25.5. The molecule has 0 bridgehead atoms. The summed E-state index contributed by atoms with van der Waals surface area (Å²) in [5.41, 5.74) is 0.407. The molecule has 3 amide bonds. The molecule has 0 spiro atoms. The largest absolute Gasteiger partial charge is 1.00 e. The molecule has 1 fully saturated rings. The predicted octanol–water partition coefficient (Wildman–Crippen LogP) is -2.76. The molecule has 0 saturated carbocycles. The van der Waals surface area contributed by atoms with Crippen LogP contribution >= 0.6 is 0 Å². The number of aliphatic hydroxyl groups excluding tert-OH is 1. The van der Waals surface area contributed by atoms with Gasteiger partial charge in [-0.05, 0) is 24.5 Å². The number of nitrogens with zero attached hydrogens (tertiary/aromatic N) is 2. The molecule has 14 nitrogen and oxygen atoms in total. The zero-order valence-corrected chi connectivity index (χ0v) is 21.7. The van der Waals surface area contributed by atoms with E-state index in [1.165, 1.54) is 12.1 Å². The van der Waals surface area contributed by atoms with Gasteiger partial charge in [0, 0.05) is 25.5 Å². The standard InChI is InChI=1S/C19H23N3O11S.Na.H/c23-11-13-7-6-12(8-14(13)22(28)29)10-20-16(24)4-2-1-3-5-18(26)33-21-17(25)9-15(19(21)27)34(30,31)32;;/h6-8,15,23H,1-5,9-11H2,(H,20,24)(H,30,31,32);;/q;+1;-1. The second kappa shape index (κ2) is 13.6. The van der Waals surface area contributed by atoms with Gasteiger partial charge in [0.1, 0.15) is 0 Å². The number of hydroxylamine groups is 2. The smallest absolute Gasteiger partial charge is 1.00 e. The summed E-state index contributed by atoms with van der Waals surface area (Å²) in [6.07, 6.45) is 0.183. The summed E-state index contributed by atoms with van der Waals surface area (Å²) in [7, 11) is -4.80. The third-order valence-electron chi connectivity index (χ3n) is 4.91. The molecule has 1 unspecified atom stereocenters. The van der Waals surface area contributed by atoms with Crippen molar-refractivity contribution in [1.29, 1.82) is 0 Å². The first-order chi connectivity index (χ1) is 15.9. The number of nitrogens with one attached hydrogen (secondary N) is 1. The molecule has 1 aliphatic rings. The Bertz CT molecular complexity index is 1100. The Labute approximate surface area is 223 Å². The van der Waals surface area contributed by atoms with Crippen LogP contribution in [0.4, 0.5) is 5.69 Å². The monoisotopic (exact) mass is 525 g/mol. The third kappa shape index (κ3) is 8.94. The van der Waals surface area contributed by atoms with Crippen molar-refractivity contribution in [2.45, 2.75) is 56.9 Å². The molecule has 1 aromatic rings. The Morgan fingerprint density at radius 3 is 2.46 bits per heavy atom. The summed E-state index contributed by atoms with van der Waals surface area (Å²) in [6.45, 7) is -0.424. The fraction of sp³-hybridized carbons (Fsp3) is 0.474. The van der Waals surface area contributed by atoms with Crippen LogP contribution in [0, 0.1) is 10.1 Å². The number of nitro benzene ring substituents is 1. The van der Waals surface area contributed by atoms with Gasteiger partial charge in [0.05, 0.1) is 23.5 Å². The molecule has 1 heterocycles. The van der Waals surface area contributed by atoms with Gasteiger partial charge >= 0.3 is 35.5 Å². The summed E-state index contributed by atoms with van der Waals surface area (Å²) in [5, 5.41) is 20.8. The average Bonchev–Trinajstić information content (AvgIpc) is 3.05. The van der Waals surface area contributed by atoms with Crippen LogP contribution in [0.3, 0.4) is 0 Å². The van der Waals surface area contributed by atoms with Gasteiger partial charge in [0.15, 0.2) is 5.25 Å². The number of carbonyl (C=O) groups excluding carboxylic acids is 4. The molecule has 3 N–H and O–H groups in total. The number of carbonyl (C=O) groups is 4. The van der Waals surface area contributed by atoms with E-state index in [9.17, 15) is 37.7 Å². The zero-order valence-electron chi connectivity index (χ0n) is 19.8. The maximum absolute atomic E-state index is 11.9. The van der Waals surface area contributed by atoms with Gasteiger partial charge in [0.2, 0.25) is 5.91 Å². The second-order valence-corrected chi connectivity index (χ2v) is 9.01. The number of benzene rings is 1. The number of hydrogen-bond donors (Lipinski definition) is 3. The van der Waals surface area contributed by atoms with Gasteiger partial charge in [-0.2, -0.15) is 8.42 Å². The van der Waals surface area contributed by atoms with Crippen LogP contribution in [0.2, 0.25) is 0 Å². The molecule has 35 heavy (non-hydrogen) atoms. The Morgan fingerprint density at radius 2 is 1.89 bits per heavy atom. The average molecular weight is 525 g/mol. The molecule has 1 saturated heterocycles. The number of unbranched alkanes of at least 4 members (excludes halogenated alkanes) is 2. The molecular formula is C19H24N3NaO11S. The predicted molar refractivity (Wildman–Crippen MR) is 113 cm³/mol. The van der Waals surface area contributed by atoms with Gasteiger partial charge in [-0.1, -0.05) is 12.5 Å². The number of amides is 3. The third-order valence-corrected chi connectivity index (χ3v) is 5.99. The van der Waals surface area contributed by atoms with E-state index in [1.807, 2.05) is 0 Å². The van der Waals surface area contributed by atoms with Crippen LogP contribution < -0.4 is 34.9 Å². The number of hydrogen-bond acceptors (Lipinski definition) is 10. The van der Waals surface area contributed by atoms with Gasteiger partial charge in [-0.3, -0.25) is 29.1 Å². The molecule has 2 rings (SSSR count). The van der Waals surface area contributed by atoms with E-state index in [0.717, 1.165) is 0 Å². The van der Waals surface area contributed by atoms with Crippen molar-refractivity contribution in [3.8, 4) is 0 Å². The van der Waals surface area contributed by atoms with E-state index in [0.29, 0.717) is 18.4 Å². The van der Waals surface area contributed by atoms with E-state index in [2.05, 4.69) is 10.2 Å². The molecule has 0 aromatic heterocycles. The van der Waals surface area contributed by atoms with Crippen LogP contribution in [0.1, 0.15) is 51.1 Å². The summed E-state index contributed by atoms with van der Waals surface area (Å²) < 4.78 is 31.0. The fourth-order valence-electron chi connectivity index (χ4n) is 3.10. The van der Waals surface area contributed by atoms with Crippen LogP contribution in [-0.4, -0.2) is 57.0 Å². The van der Waals surface area contributed by atoms with Gasteiger partial charge in [-0.25, -0.2) is 4.79 Å². The SMILES string of the molecule is O=C(CCCCCC(=O)ON1C(=O)CC(S(=O)(=O)O)C1=O)NCc1ccc(CO)c([N+](=O)[O-])c1.[H-].[Na+].